The summed E-state index contributed by atoms with van der Waals surface area (Å²) in [4.78, 5) is 12.5. The van der Waals surface area contributed by atoms with E-state index in [-0.39, 0.29) is 18.2 Å². The molecule has 0 aliphatic carbocycles. The molecule has 0 unspecified atom stereocenters. The molecule has 0 fully saturated rings. The highest BCUT2D eigenvalue weighted by Gasteiger charge is 2.23. The third kappa shape index (κ3) is 5.76. The van der Waals surface area contributed by atoms with Gasteiger partial charge in [-0.3, -0.25) is 0 Å². The van der Waals surface area contributed by atoms with Gasteiger partial charge in [-0.1, -0.05) is 59.8 Å². The van der Waals surface area contributed by atoms with Crippen LogP contribution < -0.4 is 9.47 Å². The van der Waals surface area contributed by atoms with E-state index in [0.717, 1.165) is 35.5 Å². The molecule has 0 N–H and O–H groups in total. The van der Waals surface area contributed by atoms with Gasteiger partial charge in [0.05, 0.1) is 33.5 Å². The van der Waals surface area contributed by atoms with Crippen LogP contribution >= 0.6 is 0 Å². The van der Waals surface area contributed by atoms with Crippen LogP contribution in [0.4, 0.5) is 0 Å². The van der Waals surface area contributed by atoms with Gasteiger partial charge in [-0.25, -0.2) is 9.48 Å². The zero-order valence-corrected chi connectivity index (χ0v) is 21.4. The van der Waals surface area contributed by atoms with Gasteiger partial charge in [-0.15, -0.1) is 5.10 Å². The predicted octanol–water partition coefficient (Wildman–Crippen LogP) is 5.77. The summed E-state index contributed by atoms with van der Waals surface area (Å²) in [6.07, 6.45) is 3.08. The van der Waals surface area contributed by atoms with Gasteiger partial charge in [0.25, 0.3) is 5.88 Å². The number of rotatable bonds is 9. The fourth-order valence-electron chi connectivity index (χ4n) is 4.23. The average molecular weight is 512 g/mol. The minimum Gasteiger partial charge on any atom is -0.497 e. The molecule has 38 heavy (non-hydrogen) atoms. The van der Waals surface area contributed by atoms with Crippen LogP contribution in [0, 0.1) is 0 Å². The van der Waals surface area contributed by atoms with Crippen LogP contribution in [0.5, 0.6) is 17.4 Å². The van der Waals surface area contributed by atoms with Crippen LogP contribution in [0.2, 0.25) is 0 Å². The molecule has 2 heterocycles. The molecule has 0 amide bonds. The molecule has 1 aliphatic rings. The summed E-state index contributed by atoms with van der Waals surface area (Å²) in [6.45, 7) is 3.76. The van der Waals surface area contributed by atoms with E-state index in [1.807, 2.05) is 48.5 Å². The second-order valence-electron chi connectivity index (χ2n) is 8.73. The smallest absolute Gasteiger partial charge is 0.364 e. The van der Waals surface area contributed by atoms with E-state index in [9.17, 15) is 4.79 Å². The van der Waals surface area contributed by atoms with E-state index in [2.05, 4.69) is 40.7 Å². The first-order valence-corrected chi connectivity index (χ1v) is 12.5. The Kier molecular flexibility index (Phi) is 7.80. The maximum Gasteiger partial charge on any atom is 0.364 e. The van der Waals surface area contributed by atoms with Crippen molar-refractivity contribution in [2.24, 2.45) is 0 Å². The van der Waals surface area contributed by atoms with E-state index in [1.54, 1.807) is 18.7 Å². The SMILES string of the molecule is CCOC(=O)c1nnn(Cc2ccc(OC)cc2)c1Oc1ccc(-c2ccc(C3=CCOCC3)cc2)cc1. The van der Waals surface area contributed by atoms with E-state index in [1.165, 1.54) is 11.1 Å². The summed E-state index contributed by atoms with van der Waals surface area (Å²) in [7, 11) is 1.62. The number of aromatic nitrogens is 3. The Balaban J connectivity index is 1.35. The van der Waals surface area contributed by atoms with Crippen molar-refractivity contribution in [3.05, 3.63) is 95.7 Å². The molecular weight excluding hydrogens is 482 g/mol. The molecule has 0 atom stereocenters. The van der Waals surface area contributed by atoms with Gasteiger partial charge in [-0.05, 0) is 65.4 Å². The lowest BCUT2D eigenvalue weighted by Crippen LogP contribution is -2.09. The first kappa shape index (κ1) is 25.2. The molecule has 0 saturated heterocycles. The molecule has 0 radical (unpaired) electrons. The highest BCUT2D eigenvalue weighted by molar-refractivity contribution is 5.89. The van der Waals surface area contributed by atoms with Crippen LogP contribution in [0.15, 0.2) is 78.9 Å². The summed E-state index contributed by atoms with van der Waals surface area (Å²) in [6, 6.07) is 23.8. The predicted molar refractivity (Wildman–Crippen MR) is 143 cm³/mol. The van der Waals surface area contributed by atoms with Gasteiger partial charge < -0.3 is 18.9 Å². The number of benzene rings is 3. The van der Waals surface area contributed by atoms with Crippen LogP contribution in [0.25, 0.3) is 16.7 Å². The fourth-order valence-corrected chi connectivity index (χ4v) is 4.23. The van der Waals surface area contributed by atoms with Crippen molar-refractivity contribution < 1.29 is 23.7 Å². The fraction of sp³-hybridized carbons (Fsp3) is 0.233. The maximum atomic E-state index is 12.5. The highest BCUT2D eigenvalue weighted by atomic mass is 16.5. The molecule has 3 aromatic carbocycles. The van der Waals surface area contributed by atoms with Crippen molar-refractivity contribution in [1.82, 2.24) is 15.0 Å². The standard InChI is InChI=1S/C30H29N3O5/c1-3-37-30(34)28-29(33(32-31-28)20-21-4-12-26(35-2)13-5-21)38-27-14-10-24(11-15-27)22-6-8-23(9-7-22)25-16-18-36-19-17-25/h4-16H,3,17-20H2,1-2H3. The minimum atomic E-state index is -0.583. The topological polar surface area (TPSA) is 84.7 Å². The summed E-state index contributed by atoms with van der Waals surface area (Å²) in [5.41, 5.74) is 5.69. The minimum absolute atomic E-state index is 0.0300. The number of nitrogens with zero attached hydrogens (tertiary/aromatic N) is 3. The Bertz CT molecular complexity index is 1410. The third-order valence-electron chi connectivity index (χ3n) is 6.27. The lowest BCUT2D eigenvalue weighted by Gasteiger charge is -2.14. The number of methoxy groups -OCH3 is 1. The zero-order valence-electron chi connectivity index (χ0n) is 21.4. The first-order chi connectivity index (χ1) is 18.6. The zero-order chi connectivity index (χ0) is 26.3. The van der Waals surface area contributed by atoms with Crippen molar-refractivity contribution in [3.63, 3.8) is 0 Å². The quantitative estimate of drug-likeness (QED) is 0.264. The van der Waals surface area contributed by atoms with Crippen molar-refractivity contribution in [2.45, 2.75) is 19.9 Å². The molecule has 1 aromatic heterocycles. The van der Waals surface area contributed by atoms with Crippen molar-refractivity contribution in [3.8, 4) is 28.5 Å². The molecule has 0 saturated carbocycles. The average Bonchev–Trinajstić information content (AvgIpc) is 3.36. The summed E-state index contributed by atoms with van der Waals surface area (Å²) >= 11 is 0. The monoisotopic (exact) mass is 511 g/mol. The molecule has 8 nitrogen and oxygen atoms in total. The normalized spacial score (nSPS) is 13.1. The summed E-state index contributed by atoms with van der Waals surface area (Å²) in [5, 5.41) is 8.21. The lowest BCUT2D eigenvalue weighted by atomic mass is 9.98. The Labute approximate surface area is 221 Å². The van der Waals surface area contributed by atoms with Crippen LogP contribution in [0.1, 0.15) is 35.0 Å². The molecule has 1 aliphatic heterocycles. The molecule has 5 rings (SSSR count). The van der Waals surface area contributed by atoms with Gasteiger partial charge in [-0.2, -0.15) is 0 Å². The number of carbonyl (C=O) groups is 1. The van der Waals surface area contributed by atoms with Crippen molar-refractivity contribution in [1.29, 1.82) is 0 Å². The first-order valence-electron chi connectivity index (χ1n) is 12.5. The van der Waals surface area contributed by atoms with E-state index in [4.69, 9.17) is 18.9 Å². The molecular formula is C30H29N3O5. The number of carbonyl (C=O) groups excluding carboxylic acids is 1. The van der Waals surface area contributed by atoms with Crippen molar-refractivity contribution in [2.75, 3.05) is 26.9 Å². The molecule has 0 spiro atoms. The molecule has 194 valence electrons. The second-order valence-corrected chi connectivity index (χ2v) is 8.73. The van der Waals surface area contributed by atoms with Gasteiger partial charge in [0.2, 0.25) is 5.69 Å². The number of esters is 1. The Morgan fingerprint density at radius 2 is 1.58 bits per heavy atom. The van der Waals surface area contributed by atoms with E-state index >= 15 is 0 Å². The molecule has 0 bridgehead atoms. The van der Waals surface area contributed by atoms with E-state index in [0.29, 0.717) is 18.9 Å². The number of ether oxygens (including phenoxy) is 4. The second kappa shape index (κ2) is 11.7. The molecule has 8 heteroatoms. The van der Waals surface area contributed by atoms with Gasteiger partial charge in [0.15, 0.2) is 0 Å². The molecule has 4 aromatic rings. The Morgan fingerprint density at radius 1 is 0.921 bits per heavy atom. The van der Waals surface area contributed by atoms with Crippen LogP contribution in [-0.4, -0.2) is 47.9 Å². The van der Waals surface area contributed by atoms with Crippen LogP contribution in [-0.2, 0) is 16.0 Å². The van der Waals surface area contributed by atoms with Gasteiger partial charge >= 0.3 is 5.97 Å². The van der Waals surface area contributed by atoms with E-state index < -0.39 is 5.97 Å². The highest BCUT2D eigenvalue weighted by Crippen LogP contribution is 2.30. The number of hydrogen-bond donors (Lipinski definition) is 0. The lowest BCUT2D eigenvalue weighted by molar-refractivity contribution is 0.0516. The van der Waals surface area contributed by atoms with Gasteiger partial charge in [0, 0.05) is 0 Å². The Hall–Kier alpha value is -4.43. The number of hydrogen-bond acceptors (Lipinski definition) is 7. The largest absolute Gasteiger partial charge is 0.497 e. The van der Waals surface area contributed by atoms with Crippen molar-refractivity contribution >= 4 is 11.5 Å². The summed E-state index contributed by atoms with van der Waals surface area (Å²) < 4.78 is 23.5. The van der Waals surface area contributed by atoms with Gasteiger partial charge in [0.1, 0.15) is 11.5 Å². The maximum absolute atomic E-state index is 12.5. The third-order valence-corrected chi connectivity index (χ3v) is 6.27. The Morgan fingerprint density at radius 3 is 2.21 bits per heavy atom. The summed E-state index contributed by atoms with van der Waals surface area (Å²) in [5.74, 6) is 0.953. The van der Waals surface area contributed by atoms with Crippen LogP contribution in [0.3, 0.4) is 0 Å².